The Morgan fingerprint density at radius 3 is 1.58 bits per heavy atom. The van der Waals surface area contributed by atoms with Crippen LogP contribution in [-0.4, -0.2) is 97.5 Å². The molecular formula is C44H84O12S. The molecule has 13 heteroatoms. The zero-order chi connectivity index (χ0) is 41.8. The Morgan fingerprint density at radius 1 is 0.649 bits per heavy atom. The highest BCUT2D eigenvalue weighted by molar-refractivity contribution is 7.80. The maximum absolute atomic E-state index is 12.7. The number of allylic oxidation sites excluding steroid dienone is 2. The molecule has 0 aromatic carbocycles. The SMILES string of the molecule is CCCCCCCCCC/C=C\CCCCCCCCCCCCOCC(COC1OC(CO)C(O)C(OS(=O)(=O)O)C1O)OC(=O)CCCCCCCCCC. The molecule has 1 heterocycles. The summed E-state index contributed by atoms with van der Waals surface area (Å²) in [7, 11) is -5.05. The largest absolute Gasteiger partial charge is 0.457 e. The molecule has 1 aliphatic rings. The van der Waals surface area contributed by atoms with Crippen molar-refractivity contribution in [1.29, 1.82) is 0 Å². The van der Waals surface area contributed by atoms with E-state index in [1.54, 1.807) is 0 Å². The first-order valence-corrected chi connectivity index (χ1v) is 24.3. The van der Waals surface area contributed by atoms with Crippen LogP contribution in [0.1, 0.15) is 200 Å². The Kier molecular flexibility index (Phi) is 34.6. The predicted octanol–water partition coefficient (Wildman–Crippen LogP) is 9.47. The molecule has 1 rings (SSSR count). The molecule has 0 saturated carbocycles. The Balaban J connectivity index is 2.31. The first kappa shape index (κ1) is 53.9. The lowest BCUT2D eigenvalue weighted by Gasteiger charge is -2.41. The molecule has 1 aliphatic heterocycles. The number of carbonyl (C=O) groups is 1. The smallest absolute Gasteiger partial charge is 0.397 e. The first-order valence-electron chi connectivity index (χ1n) is 22.9. The zero-order valence-corrected chi connectivity index (χ0v) is 36.7. The third kappa shape index (κ3) is 30.5. The van der Waals surface area contributed by atoms with Gasteiger partial charge in [0.05, 0.1) is 19.8 Å². The second kappa shape index (κ2) is 36.7. The third-order valence-corrected chi connectivity index (χ3v) is 11.1. The highest BCUT2D eigenvalue weighted by Gasteiger charge is 2.48. The van der Waals surface area contributed by atoms with E-state index in [9.17, 15) is 28.5 Å². The minimum atomic E-state index is -5.05. The summed E-state index contributed by atoms with van der Waals surface area (Å²) < 4.78 is 58.9. The van der Waals surface area contributed by atoms with E-state index in [0.717, 1.165) is 38.5 Å². The lowest BCUT2D eigenvalue weighted by Crippen LogP contribution is -2.60. The van der Waals surface area contributed by atoms with Gasteiger partial charge >= 0.3 is 16.4 Å². The summed E-state index contributed by atoms with van der Waals surface area (Å²) >= 11 is 0. The summed E-state index contributed by atoms with van der Waals surface area (Å²) in [6, 6.07) is 0. The Hall–Kier alpha value is -1.16. The average Bonchev–Trinajstić information content (AvgIpc) is 3.18. The number of aliphatic hydroxyl groups excluding tert-OH is 3. The minimum absolute atomic E-state index is 0.0397. The summed E-state index contributed by atoms with van der Waals surface area (Å²) in [5.41, 5.74) is 0. The van der Waals surface area contributed by atoms with Crippen molar-refractivity contribution in [3.63, 3.8) is 0 Å². The minimum Gasteiger partial charge on any atom is -0.457 e. The van der Waals surface area contributed by atoms with E-state index in [1.165, 1.54) is 135 Å². The monoisotopic (exact) mass is 837 g/mol. The summed E-state index contributed by atoms with van der Waals surface area (Å²) in [5, 5.41) is 30.6. The van der Waals surface area contributed by atoms with E-state index < -0.39 is 59.8 Å². The molecule has 0 amide bonds. The fourth-order valence-corrected chi connectivity index (χ4v) is 7.65. The maximum atomic E-state index is 12.7. The van der Waals surface area contributed by atoms with Crippen LogP contribution in [0.25, 0.3) is 0 Å². The lowest BCUT2D eigenvalue weighted by atomic mass is 9.99. The molecule has 6 unspecified atom stereocenters. The van der Waals surface area contributed by atoms with Crippen LogP contribution in [0, 0.1) is 0 Å². The van der Waals surface area contributed by atoms with Crippen molar-refractivity contribution in [3.8, 4) is 0 Å². The zero-order valence-electron chi connectivity index (χ0n) is 35.9. The van der Waals surface area contributed by atoms with Crippen LogP contribution in [0.2, 0.25) is 0 Å². The van der Waals surface area contributed by atoms with Gasteiger partial charge in [0.2, 0.25) is 0 Å². The molecule has 1 fully saturated rings. The van der Waals surface area contributed by atoms with E-state index in [2.05, 4.69) is 30.2 Å². The molecule has 12 nitrogen and oxygen atoms in total. The van der Waals surface area contributed by atoms with Gasteiger partial charge in [-0.15, -0.1) is 0 Å². The van der Waals surface area contributed by atoms with E-state index in [-0.39, 0.29) is 19.6 Å². The van der Waals surface area contributed by atoms with Gasteiger partial charge in [-0.25, -0.2) is 4.18 Å². The van der Waals surface area contributed by atoms with Gasteiger partial charge in [0.25, 0.3) is 0 Å². The van der Waals surface area contributed by atoms with Crippen LogP contribution in [0.5, 0.6) is 0 Å². The predicted molar refractivity (Wildman–Crippen MR) is 225 cm³/mol. The molecule has 57 heavy (non-hydrogen) atoms. The second-order valence-electron chi connectivity index (χ2n) is 16.0. The summed E-state index contributed by atoms with van der Waals surface area (Å²) in [4.78, 5) is 12.7. The second-order valence-corrected chi connectivity index (χ2v) is 17.0. The molecule has 0 radical (unpaired) electrons. The van der Waals surface area contributed by atoms with E-state index in [0.29, 0.717) is 13.0 Å². The van der Waals surface area contributed by atoms with Gasteiger partial charge in [-0.2, -0.15) is 8.42 Å². The molecule has 0 spiro atoms. The molecule has 6 atom stereocenters. The van der Waals surface area contributed by atoms with Crippen molar-refractivity contribution in [2.45, 2.75) is 237 Å². The summed E-state index contributed by atoms with van der Waals surface area (Å²) in [5.74, 6) is -0.402. The van der Waals surface area contributed by atoms with Gasteiger partial charge in [-0.3, -0.25) is 9.35 Å². The molecule has 4 N–H and O–H groups in total. The highest BCUT2D eigenvalue weighted by Crippen LogP contribution is 2.26. The van der Waals surface area contributed by atoms with Crippen molar-refractivity contribution in [3.05, 3.63) is 12.2 Å². The normalized spacial score (nSPS) is 20.7. The van der Waals surface area contributed by atoms with Gasteiger partial charge in [0.1, 0.15) is 30.5 Å². The summed E-state index contributed by atoms with van der Waals surface area (Å²) in [6.45, 7) is 3.96. The van der Waals surface area contributed by atoms with Crippen molar-refractivity contribution in [1.82, 2.24) is 0 Å². The molecular weight excluding hydrogens is 753 g/mol. The maximum Gasteiger partial charge on any atom is 0.397 e. The Bertz CT molecular complexity index is 1060. The number of unbranched alkanes of at least 4 members (excludes halogenated alkanes) is 25. The number of esters is 1. The van der Waals surface area contributed by atoms with Crippen LogP contribution >= 0.6 is 0 Å². The van der Waals surface area contributed by atoms with Crippen molar-refractivity contribution >= 4 is 16.4 Å². The fraction of sp³-hybridized carbons (Fsp3) is 0.932. The molecule has 0 aromatic rings. The van der Waals surface area contributed by atoms with Crippen LogP contribution < -0.4 is 0 Å². The third-order valence-electron chi connectivity index (χ3n) is 10.6. The van der Waals surface area contributed by atoms with Crippen molar-refractivity contribution in [2.75, 3.05) is 26.4 Å². The number of hydrogen-bond acceptors (Lipinski definition) is 11. The van der Waals surface area contributed by atoms with E-state index >= 15 is 0 Å². The number of carbonyl (C=O) groups excluding carboxylic acids is 1. The molecule has 0 aliphatic carbocycles. The van der Waals surface area contributed by atoms with Crippen molar-refractivity contribution < 1.29 is 56.2 Å². The molecule has 338 valence electrons. The lowest BCUT2D eigenvalue weighted by molar-refractivity contribution is -0.301. The molecule has 1 saturated heterocycles. The number of rotatable bonds is 40. The van der Waals surface area contributed by atoms with Gasteiger partial charge < -0.3 is 34.3 Å². The Labute approximate surface area is 347 Å². The van der Waals surface area contributed by atoms with Gasteiger partial charge in [-0.05, 0) is 38.5 Å². The van der Waals surface area contributed by atoms with Crippen LogP contribution in [0.4, 0.5) is 0 Å². The van der Waals surface area contributed by atoms with E-state index in [4.69, 9.17) is 23.5 Å². The van der Waals surface area contributed by atoms with Crippen molar-refractivity contribution in [2.24, 2.45) is 0 Å². The van der Waals surface area contributed by atoms with Gasteiger partial charge in [0, 0.05) is 13.0 Å². The van der Waals surface area contributed by atoms with Gasteiger partial charge in [-0.1, -0.05) is 167 Å². The number of ether oxygens (including phenoxy) is 4. The van der Waals surface area contributed by atoms with E-state index in [1.807, 2.05) is 0 Å². The number of aliphatic hydroxyl groups is 3. The molecule has 0 aromatic heterocycles. The number of hydrogen-bond donors (Lipinski definition) is 4. The topological polar surface area (TPSA) is 178 Å². The first-order chi connectivity index (χ1) is 27.6. The molecule has 0 bridgehead atoms. The van der Waals surface area contributed by atoms with Crippen LogP contribution in [-0.2, 0) is 38.3 Å². The quantitative estimate of drug-likeness (QED) is 0.0199. The van der Waals surface area contributed by atoms with Gasteiger partial charge in [0.15, 0.2) is 6.29 Å². The van der Waals surface area contributed by atoms with Crippen LogP contribution in [0.3, 0.4) is 0 Å². The average molecular weight is 837 g/mol. The standard InChI is InChI=1S/C44H84O12S/c1-3-5-7-9-11-13-14-15-16-17-18-19-20-21-22-23-24-25-26-28-30-32-34-52-36-38(54-40(46)33-31-29-27-12-10-8-6-4-2)37-53-44-42(48)43(56-57(49,50)51)41(47)39(35-45)55-44/h17-18,38-39,41-45,47-48H,3-16,19-37H2,1-2H3,(H,49,50,51)/b18-17-. The Morgan fingerprint density at radius 2 is 1.11 bits per heavy atom. The highest BCUT2D eigenvalue weighted by atomic mass is 32.3. The summed E-state index contributed by atoms with van der Waals surface area (Å²) in [6.07, 6.45) is 29.9. The van der Waals surface area contributed by atoms with Crippen LogP contribution in [0.15, 0.2) is 12.2 Å². The fourth-order valence-electron chi connectivity index (χ4n) is 7.14.